The Bertz CT molecular complexity index is 641. The van der Waals surface area contributed by atoms with Crippen molar-refractivity contribution >= 4 is 40.3 Å². The van der Waals surface area contributed by atoms with E-state index in [0.29, 0.717) is 39.3 Å². The van der Waals surface area contributed by atoms with E-state index in [4.69, 9.17) is 34.7 Å². The first-order valence-electron chi connectivity index (χ1n) is 14.8. The number of halogens is 2. The van der Waals surface area contributed by atoms with E-state index in [1.165, 1.54) is 0 Å². The average Bonchev–Trinajstić information content (AvgIpc) is 2.87. The molecule has 0 aromatic carbocycles. The van der Waals surface area contributed by atoms with Gasteiger partial charge in [0.2, 0.25) is 5.91 Å². The highest BCUT2D eigenvalue weighted by Crippen LogP contribution is 2.35. The third kappa shape index (κ3) is 19.3. The molecule has 0 aromatic rings. The van der Waals surface area contributed by atoms with E-state index in [2.05, 4.69) is 56.5 Å². The Balaban J connectivity index is 4.94. The molecule has 0 unspecified atom stereocenters. The number of likely N-dealkylation sites (N-methyl/N-ethyl adjacent to an activating group) is 1. The van der Waals surface area contributed by atoms with Gasteiger partial charge in [0.15, 0.2) is 0 Å². The minimum absolute atomic E-state index is 0.0400. The van der Waals surface area contributed by atoms with Crippen LogP contribution in [0.25, 0.3) is 0 Å². The van der Waals surface area contributed by atoms with Gasteiger partial charge in [-0.05, 0) is 25.2 Å². The van der Waals surface area contributed by atoms with Crippen molar-refractivity contribution in [1.82, 2.24) is 29.3 Å². The maximum absolute atomic E-state index is 13.5. The van der Waals surface area contributed by atoms with E-state index in [1.54, 1.807) is 0 Å². The van der Waals surface area contributed by atoms with Crippen LogP contribution in [0.1, 0.15) is 34.1 Å². The number of alkyl halides is 1. The second-order valence-corrected chi connectivity index (χ2v) is 15.2. The molecule has 0 saturated carbocycles. The topological polar surface area (TPSA) is 149 Å². The number of nitrogens with two attached hydrogens (primary N) is 4. The van der Waals surface area contributed by atoms with Gasteiger partial charge in [-0.15, -0.1) is 0 Å². The Kier molecular flexibility index (Phi) is 22.7. The highest BCUT2D eigenvalue weighted by Gasteiger charge is 2.36. The highest BCUT2D eigenvalue weighted by atomic mass is 127. The van der Waals surface area contributed by atoms with E-state index in [9.17, 15) is 4.79 Å². The van der Waals surface area contributed by atoms with E-state index < -0.39 is 5.41 Å². The predicted molar refractivity (Wildman–Crippen MR) is 180 cm³/mol. The summed E-state index contributed by atoms with van der Waals surface area (Å²) in [4.78, 5) is 22.4. The smallest absolute Gasteiger partial charge is 0.228 e. The number of hydrogen-bond donors (Lipinski definition) is 5. The Labute approximate surface area is 264 Å². The Hall–Kier alpha value is 0.130. The molecule has 0 heterocycles. The molecule has 0 spiro atoms. The fourth-order valence-electron chi connectivity index (χ4n) is 5.01. The molecule has 40 heavy (non-hydrogen) atoms. The summed E-state index contributed by atoms with van der Waals surface area (Å²) >= 11 is 8.98. The molecular formula is C27H62ClIN10O. The van der Waals surface area contributed by atoms with Crippen molar-refractivity contribution in [3.63, 3.8) is 0 Å². The maximum Gasteiger partial charge on any atom is 0.228 e. The summed E-state index contributed by atoms with van der Waals surface area (Å²) in [6.07, 6.45) is 0.805. The zero-order valence-corrected chi connectivity index (χ0v) is 29.1. The molecule has 11 nitrogen and oxygen atoms in total. The van der Waals surface area contributed by atoms with Gasteiger partial charge in [0, 0.05) is 127 Å². The standard InChI is InChI=1S/C27H62ClIN10O/c1-26(2,24-27(3,4)29)25(40)38(14-9-33)21-18-36(12-7-31)16-17-37(13-8-32)20-23-39(28)22-19-35(11-6-30)15-10-34-5/h34H,6-24,30-33H2,1-5H3. The monoisotopic (exact) mass is 704 g/mol. The van der Waals surface area contributed by atoms with Gasteiger partial charge < -0.3 is 33.2 Å². The normalized spacial score (nSPS) is 12.9. The van der Waals surface area contributed by atoms with E-state index in [-0.39, 0.29) is 9.33 Å². The number of nitrogens with one attached hydrogen (secondary N) is 1. The van der Waals surface area contributed by atoms with Crippen LogP contribution in [0.15, 0.2) is 0 Å². The minimum Gasteiger partial charge on any atom is -0.340 e. The molecule has 0 saturated heterocycles. The largest absolute Gasteiger partial charge is 0.340 e. The zero-order chi connectivity index (χ0) is 30.6. The third-order valence-corrected chi connectivity index (χ3v) is 7.60. The summed E-state index contributed by atoms with van der Waals surface area (Å²) in [5, 5.41) is 3.19. The lowest BCUT2D eigenvalue weighted by Gasteiger charge is -2.36. The van der Waals surface area contributed by atoms with Gasteiger partial charge in [0.1, 0.15) is 0 Å². The first kappa shape index (κ1) is 40.1. The molecule has 1 amide bonds. The first-order valence-corrected chi connectivity index (χ1v) is 16.3. The summed E-state index contributed by atoms with van der Waals surface area (Å²) in [5.41, 5.74) is 23.1. The number of carbonyl (C=O) groups excluding carboxylic acids is 1. The van der Waals surface area contributed by atoms with Gasteiger partial charge in [-0.3, -0.25) is 19.5 Å². The van der Waals surface area contributed by atoms with Crippen molar-refractivity contribution in [2.45, 2.75) is 37.5 Å². The van der Waals surface area contributed by atoms with Crippen molar-refractivity contribution in [3.8, 4) is 0 Å². The molecule has 0 bridgehead atoms. The second-order valence-electron chi connectivity index (χ2n) is 11.8. The average molecular weight is 705 g/mol. The maximum atomic E-state index is 13.5. The lowest BCUT2D eigenvalue weighted by Crippen LogP contribution is -2.49. The lowest BCUT2D eigenvalue weighted by atomic mass is 9.82. The van der Waals surface area contributed by atoms with Crippen molar-refractivity contribution in [2.24, 2.45) is 28.3 Å². The van der Waals surface area contributed by atoms with Crippen LogP contribution in [-0.4, -0.2) is 158 Å². The van der Waals surface area contributed by atoms with Crippen LogP contribution < -0.4 is 28.3 Å². The van der Waals surface area contributed by atoms with Gasteiger partial charge in [0.05, 0.1) is 0 Å². The van der Waals surface area contributed by atoms with Crippen LogP contribution in [0.3, 0.4) is 0 Å². The quantitative estimate of drug-likeness (QED) is 0.0468. The molecule has 9 N–H and O–H groups in total. The van der Waals surface area contributed by atoms with Crippen molar-refractivity contribution in [1.29, 1.82) is 0 Å². The summed E-state index contributed by atoms with van der Waals surface area (Å²) < 4.78 is 1.90. The highest BCUT2D eigenvalue weighted by molar-refractivity contribution is 14.1. The molecular weight excluding hydrogens is 643 g/mol. The minimum atomic E-state index is -0.446. The number of hydrogen-bond acceptors (Lipinski definition) is 10. The van der Waals surface area contributed by atoms with Gasteiger partial charge >= 0.3 is 0 Å². The van der Waals surface area contributed by atoms with E-state index in [0.717, 1.165) is 85.0 Å². The number of nitrogens with zero attached hydrogens (tertiary/aromatic N) is 5. The van der Waals surface area contributed by atoms with Crippen molar-refractivity contribution < 1.29 is 4.79 Å². The zero-order valence-electron chi connectivity index (χ0n) is 26.1. The van der Waals surface area contributed by atoms with Gasteiger partial charge in [0.25, 0.3) is 0 Å². The fraction of sp³-hybridized carbons (Fsp3) is 0.963. The fourth-order valence-corrected chi connectivity index (χ4v) is 6.11. The van der Waals surface area contributed by atoms with Gasteiger partial charge in [-0.2, -0.15) is 0 Å². The number of carbonyl (C=O) groups is 1. The molecule has 0 fully saturated rings. The van der Waals surface area contributed by atoms with E-state index >= 15 is 0 Å². The summed E-state index contributed by atoms with van der Waals surface area (Å²) in [7, 11) is 1.96. The van der Waals surface area contributed by atoms with Gasteiger partial charge in [-0.25, -0.2) is 4.42 Å². The molecule has 0 rings (SSSR count). The van der Waals surface area contributed by atoms with Crippen LogP contribution in [-0.2, 0) is 4.79 Å². The number of rotatable bonds is 26. The van der Waals surface area contributed by atoms with Crippen LogP contribution in [0.5, 0.6) is 0 Å². The lowest BCUT2D eigenvalue weighted by molar-refractivity contribution is -0.141. The Morgan fingerprint density at radius 3 is 1.48 bits per heavy atom. The Morgan fingerprint density at radius 2 is 1.07 bits per heavy atom. The van der Waals surface area contributed by atoms with Crippen molar-refractivity contribution in [2.75, 3.05) is 125 Å². The molecule has 0 radical (unpaired) electrons. The molecule has 13 heteroatoms. The molecule has 0 aliphatic rings. The van der Waals surface area contributed by atoms with E-state index in [1.807, 2.05) is 30.2 Å². The predicted octanol–water partition coefficient (Wildman–Crippen LogP) is -0.139. The number of amides is 1. The first-order chi connectivity index (χ1) is 18.8. The second kappa shape index (κ2) is 22.6. The molecule has 0 aliphatic heterocycles. The molecule has 0 aromatic heterocycles. The Morgan fingerprint density at radius 1 is 0.675 bits per heavy atom. The van der Waals surface area contributed by atoms with Crippen LogP contribution in [0.2, 0.25) is 0 Å². The molecule has 0 aliphatic carbocycles. The van der Waals surface area contributed by atoms with Crippen molar-refractivity contribution in [3.05, 3.63) is 0 Å². The van der Waals surface area contributed by atoms with Crippen LogP contribution in [0.4, 0.5) is 0 Å². The molecule has 240 valence electrons. The summed E-state index contributed by atoms with van der Waals surface area (Å²) in [6.45, 7) is 21.9. The summed E-state index contributed by atoms with van der Waals surface area (Å²) in [5.74, 6) is 0.165. The van der Waals surface area contributed by atoms with Gasteiger partial charge in [-0.1, -0.05) is 50.3 Å². The van der Waals surface area contributed by atoms with Crippen LogP contribution >= 0.6 is 34.4 Å². The van der Waals surface area contributed by atoms with Crippen LogP contribution in [0, 0.1) is 5.41 Å². The molecule has 0 atom stereocenters. The summed E-state index contributed by atoms with van der Waals surface area (Å²) in [6, 6.07) is 0. The third-order valence-electron chi connectivity index (χ3n) is 6.88. The SMILES string of the molecule is CNCCN(CCN)CCN(Cl)CCN(CCN)CCN(CCN)CCN(CCN)C(=O)C(C)(C)CC(C)(C)I.